The van der Waals surface area contributed by atoms with E-state index in [1.807, 2.05) is 23.1 Å². The van der Waals surface area contributed by atoms with Gasteiger partial charge in [-0.25, -0.2) is 4.98 Å². The molecule has 0 bridgehead atoms. The van der Waals surface area contributed by atoms with Crippen LogP contribution in [0.4, 0.5) is 0 Å². The zero-order valence-electron chi connectivity index (χ0n) is 15.2. The van der Waals surface area contributed by atoms with E-state index in [0.29, 0.717) is 12.6 Å². The lowest BCUT2D eigenvalue weighted by Crippen LogP contribution is -2.40. The standard InChI is InChI=1S/C19H25N3O3S/c1-13(2)22-16-8-4-3-7-15(16)20-19(22)14-6-5-9-21(10-14)17(23)11-26-12-18(24)25/h3-4,7-8,13-14H,5-6,9-12H2,1-2H3,(H,24,25). The lowest BCUT2D eigenvalue weighted by molar-refractivity contribution is -0.133. The van der Waals surface area contributed by atoms with Crippen LogP contribution in [0.2, 0.25) is 0 Å². The number of benzene rings is 1. The second-order valence-corrected chi connectivity index (χ2v) is 7.97. The van der Waals surface area contributed by atoms with Crippen molar-refractivity contribution < 1.29 is 14.7 Å². The van der Waals surface area contributed by atoms with Crippen molar-refractivity contribution in [2.45, 2.75) is 38.6 Å². The summed E-state index contributed by atoms with van der Waals surface area (Å²) in [6, 6.07) is 8.46. The quantitative estimate of drug-likeness (QED) is 0.839. The topological polar surface area (TPSA) is 75.4 Å². The van der Waals surface area contributed by atoms with E-state index in [9.17, 15) is 9.59 Å². The molecule has 1 aliphatic rings. The highest BCUT2D eigenvalue weighted by Crippen LogP contribution is 2.31. The average molecular weight is 375 g/mol. The number of likely N-dealkylation sites (tertiary alicyclic amines) is 1. The van der Waals surface area contributed by atoms with Crippen molar-refractivity contribution in [1.82, 2.24) is 14.5 Å². The van der Waals surface area contributed by atoms with E-state index in [1.165, 1.54) is 0 Å². The fraction of sp³-hybridized carbons (Fsp3) is 0.526. The number of carbonyl (C=O) groups is 2. The van der Waals surface area contributed by atoms with Gasteiger partial charge in [0.2, 0.25) is 5.91 Å². The number of nitrogens with zero attached hydrogens (tertiary/aromatic N) is 3. The van der Waals surface area contributed by atoms with Crippen molar-refractivity contribution in [2.75, 3.05) is 24.6 Å². The molecule has 2 heterocycles. The lowest BCUT2D eigenvalue weighted by atomic mass is 9.97. The third kappa shape index (κ3) is 4.03. The first-order valence-corrected chi connectivity index (χ1v) is 10.2. The molecule has 1 atom stereocenters. The first kappa shape index (κ1) is 18.8. The maximum Gasteiger partial charge on any atom is 0.313 e. The van der Waals surface area contributed by atoms with Crippen molar-refractivity contribution in [3.8, 4) is 0 Å². The number of amides is 1. The van der Waals surface area contributed by atoms with Gasteiger partial charge in [0.25, 0.3) is 0 Å². The summed E-state index contributed by atoms with van der Waals surface area (Å²) in [5.41, 5.74) is 2.13. The number of aliphatic carboxylic acids is 1. The number of imidazole rings is 1. The number of piperidine rings is 1. The second kappa shape index (κ2) is 8.12. The Kier molecular flexibility index (Phi) is 5.86. The van der Waals surface area contributed by atoms with Crippen LogP contribution < -0.4 is 0 Å². The summed E-state index contributed by atoms with van der Waals surface area (Å²) < 4.78 is 2.28. The molecule has 1 saturated heterocycles. The molecular weight excluding hydrogens is 350 g/mol. The number of thioether (sulfide) groups is 1. The SMILES string of the molecule is CC(C)n1c(C2CCCN(C(=O)CSCC(=O)O)C2)nc2ccccc21. The highest BCUT2D eigenvalue weighted by Gasteiger charge is 2.29. The van der Waals surface area contributed by atoms with E-state index < -0.39 is 5.97 Å². The van der Waals surface area contributed by atoms with Crippen LogP contribution in [0.15, 0.2) is 24.3 Å². The summed E-state index contributed by atoms with van der Waals surface area (Å²) in [4.78, 5) is 29.8. The van der Waals surface area contributed by atoms with Crippen LogP contribution in [0.5, 0.6) is 0 Å². The van der Waals surface area contributed by atoms with E-state index in [0.717, 1.165) is 48.0 Å². The van der Waals surface area contributed by atoms with Gasteiger partial charge in [-0.15, -0.1) is 11.8 Å². The van der Waals surface area contributed by atoms with Gasteiger partial charge in [0.05, 0.1) is 22.5 Å². The Labute approximate surface area is 157 Å². The molecule has 1 fully saturated rings. The monoisotopic (exact) mass is 375 g/mol. The van der Waals surface area contributed by atoms with Gasteiger partial charge >= 0.3 is 5.97 Å². The molecule has 1 aliphatic heterocycles. The van der Waals surface area contributed by atoms with Gasteiger partial charge in [-0.1, -0.05) is 12.1 Å². The zero-order valence-corrected chi connectivity index (χ0v) is 16.0. The predicted octanol–water partition coefficient (Wildman–Crippen LogP) is 3.14. The highest BCUT2D eigenvalue weighted by molar-refractivity contribution is 8.00. The molecule has 7 heteroatoms. The number of carbonyl (C=O) groups excluding carboxylic acids is 1. The van der Waals surface area contributed by atoms with Gasteiger partial charge in [0, 0.05) is 25.0 Å². The van der Waals surface area contributed by atoms with Gasteiger partial charge in [0.1, 0.15) is 5.82 Å². The van der Waals surface area contributed by atoms with E-state index in [-0.39, 0.29) is 23.3 Å². The lowest BCUT2D eigenvalue weighted by Gasteiger charge is -2.33. The van der Waals surface area contributed by atoms with Crippen molar-refractivity contribution in [2.24, 2.45) is 0 Å². The summed E-state index contributed by atoms with van der Waals surface area (Å²) in [5.74, 6) is 0.591. The van der Waals surface area contributed by atoms with Crippen LogP contribution in [0.1, 0.15) is 44.5 Å². The minimum Gasteiger partial charge on any atom is -0.481 e. The Hall–Kier alpha value is -2.02. The third-order valence-electron chi connectivity index (χ3n) is 4.73. The fourth-order valence-corrected chi connectivity index (χ4v) is 4.26. The van der Waals surface area contributed by atoms with E-state index in [4.69, 9.17) is 10.1 Å². The number of aromatic nitrogens is 2. The first-order valence-electron chi connectivity index (χ1n) is 9.01. The molecule has 6 nitrogen and oxygen atoms in total. The van der Waals surface area contributed by atoms with Gasteiger partial charge in [-0.2, -0.15) is 0 Å². The minimum absolute atomic E-state index is 0.0214. The molecule has 1 amide bonds. The van der Waals surface area contributed by atoms with E-state index in [1.54, 1.807) is 0 Å². The summed E-state index contributed by atoms with van der Waals surface area (Å²) in [6.07, 6.45) is 1.96. The molecule has 0 radical (unpaired) electrons. The largest absolute Gasteiger partial charge is 0.481 e. The first-order chi connectivity index (χ1) is 12.5. The number of fused-ring (bicyclic) bond motifs is 1. The van der Waals surface area contributed by atoms with Crippen LogP contribution >= 0.6 is 11.8 Å². The van der Waals surface area contributed by atoms with E-state index in [2.05, 4.69) is 24.5 Å². The average Bonchev–Trinajstić information content (AvgIpc) is 3.01. The Balaban J connectivity index is 1.77. The molecule has 3 rings (SSSR count). The van der Waals surface area contributed by atoms with Crippen molar-refractivity contribution in [1.29, 1.82) is 0 Å². The minimum atomic E-state index is -0.884. The molecule has 26 heavy (non-hydrogen) atoms. The maximum atomic E-state index is 12.4. The normalized spacial score (nSPS) is 17.8. The third-order valence-corrected chi connectivity index (χ3v) is 5.63. The van der Waals surface area contributed by atoms with Gasteiger partial charge in [0.15, 0.2) is 0 Å². The molecule has 140 valence electrons. The van der Waals surface area contributed by atoms with Gasteiger partial charge in [-0.05, 0) is 38.8 Å². The summed E-state index contributed by atoms with van der Waals surface area (Å²) in [5, 5.41) is 8.72. The van der Waals surface area contributed by atoms with Crippen LogP contribution in [-0.2, 0) is 9.59 Å². The zero-order chi connectivity index (χ0) is 18.7. The Morgan fingerprint density at radius 1 is 1.31 bits per heavy atom. The smallest absolute Gasteiger partial charge is 0.313 e. The number of rotatable bonds is 6. The number of hydrogen-bond donors (Lipinski definition) is 1. The Morgan fingerprint density at radius 2 is 2.08 bits per heavy atom. The second-order valence-electron chi connectivity index (χ2n) is 6.99. The number of carboxylic acids is 1. The number of carboxylic acid groups (broad SMARTS) is 1. The molecule has 1 N–H and O–H groups in total. The van der Waals surface area contributed by atoms with Crippen LogP contribution in [0.3, 0.4) is 0 Å². The molecule has 0 saturated carbocycles. The molecule has 0 spiro atoms. The Bertz CT molecular complexity index is 802. The van der Waals surface area contributed by atoms with Crippen LogP contribution in [0, 0.1) is 0 Å². The molecule has 0 aliphatic carbocycles. The summed E-state index contributed by atoms with van der Waals surface area (Å²) >= 11 is 1.16. The van der Waals surface area contributed by atoms with Crippen molar-refractivity contribution >= 4 is 34.7 Å². The van der Waals surface area contributed by atoms with Gasteiger partial charge in [-0.3, -0.25) is 9.59 Å². The van der Waals surface area contributed by atoms with Crippen molar-refractivity contribution in [3.63, 3.8) is 0 Å². The van der Waals surface area contributed by atoms with Crippen molar-refractivity contribution in [3.05, 3.63) is 30.1 Å². The van der Waals surface area contributed by atoms with Crippen LogP contribution in [0.25, 0.3) is 11.0 Å². The number of hydrogen-bond acceptors (Lipinski definition) is 4. The van der Waals surface area contributed by atoms with Gasteiger partial charge < -0.3 is 14.6 Å². The molecule has 1 unspecified atom stereocenters. The summed E-state index contributed by atoms with van der Waals surface area (Å²) in [7, 11) is 0. The predicted molar refractivity (Wildman–Crippen MR) is 104 cm³/mol. The number of para-hydroxylation sites is 2. The summed E-state index contributed by atoms with van der Waals surface area (Å²) in [6.45, 7) is 5.71. The maximum absolute atomic E-state index is 12.4. The van der Waals surface area contributed by atoms with E-state index >= 15 is 0 Å². The fourth-order valence-electron chi connectivity index (χ4n) is 3.63. The molecular formula is C19H25N3O3S. The highest BCUT2D eigenvalue weighted by atomic mass is 32.2. The Morgan fingerprint density at radius 3 is 2.81 bits per heavy atom. The molecule has 2 aromatic rings. The molecule has 1 aromatic heterocycles. The van der Waals surface area contributed by atoms with Crippen LogP contribution in [-0.4, -0.2) is 56.0 Å². The molecule has 1 aromatic carbocycles.